The summed E-state index contributed by atoms with van der Waals surface area (Å²) < 4.78 is 19.5. The molecule has 0 aliphatic heterocycles. The molecule has 0 bridgehead atoms. The number of hydrogen-bond donors (Lipinski definition) is 3. The van der Waals surface area contributed by atoms with Crippen LogP contribution in [0, 0.1) is 12.9 Å². The van der Waals surface area contributed by atoms with Gasteiger partial charge in [0.25, 0.3) is 5.91 Å². The molecule has 3 aromatic heterocycles. The van der Waals surface area contributed by atoms with E-state index in [0.29, 0.717) is 17.4 Å². The number of nitrogens with zero attached hydrogens (tertiary/aromatic N) is 3. The highest BCUT2D eigenvalue weighted by molar-refractivity contribution is 5.92. The van der Waals surface area contributed by atoms with Gasteiger partial charge in [-0.15, -0.1) is 0 Å². The normalized spacial score (nSPS) is 10.8. The summed E-state index contributed by atoms with van der Waals surface area (Å²) in [6.07, 6.45) is 2.97. The number of fused-ring (bicyclic) bond motifs is 1. The monoisotopic (exact) mass is 474 g/mol. The van der Waals surface area contributed by atoms with Crippen molar-refractivity contribution in [1.29, 1.82) is 0 Å². The minimum atomic E-state index is -0.521. The van der Waals surface area contributed by atoms with E-state index in [0.717, 1.165) is 33.4 Å². The molecule has 0 aliphatic carbocycles. The maximum Gasteiger partial charge on any atom is 0.269 e. The number of anilines is 2. The summed E-state index contributed by atoms with van der Waals surface area (Å²) in [4.78, 5) is 27.3. The number of imidazole rings is 1. The number of pyridine rings is 2. The molecule has 3 N–H and O–H groups in total. The highest BCUT2D eigenvalue weighted by atomic mass is 19.1. The zero-order valence-corrected chi connectivity index (χ0v) is 19.0. The van der Waals surface area contributed by atoms with Gasteiger partial charge in [0.15, 0.2) is 0 Å². The molecular formula is C26H27FN6O2. The van der Waals surface area contributed by atoms with Crippen LogP contribution in [0.5, 0.6) is 11.5 Å². The minimum Gasteiger partial charge on any atom is -0.457 e. The van der Waals surface area contributed by atoms with Gasteiger partial charge >= 0.3 is 0 Å². The molecule has 0 atom stereocenters. The zero-order chi connectivity index (χ0) is 24.4. The fourth-order valence-electron chi connectivity index (χ4n) is 3.69. The largest absolute Gasteiger partial charge is 0.457 e. The number of rotatable bonds is 6. The van der Waals surface area contributed by atoms with Gasteiger partial charge in [-0.3, -0.25) is 9.78 Å². The molecule has 9 heteroatoms. The molecular weight excluding hydrogens is 447 g/mol. The molecule has 5 rings (SSSR count). The van der Waals surface area contributed by atoms with Gasteiger partial charge in [0, 0.05) is 47.6 Å². The van der Waals surface area contributed by atoms with Gasteiger partial charge in [0.1, 0.15) is 17.2 Å². The van der Waals surface area contributed by atoms with Crippen molar-refractivity contribution in [3.05, 3.63) is 90.3 Å². The van der Waals surface area contributed by atoms with Crippen molar-refractivity contribution in [3.8, 4) is 22.6 Å². The fraction of sp³-hybridized carbons (Fsp3) is 0.0769. The Labute approximate surface area is 204 Å². The molecule has 1 amide bonds. The number of halogens is 1. The molecule has 5 aromatic rings. The number of aromatic amines is 1. The first kappa shape index (κ1) is 22.0. The first-order valence-electron chi connectivity index (χ1n) is 10.8. The van der Waals surface area contributed by atoms with Crippen LogP contribution in [0.15, 0.2) is 73.1 Å². The number of carbonyl (C=O) groups excluding carboxylic acids is 1. The predicted octanol–water partition coefficient (Wildman–Crippen LogP) is 6.10. The first-order chi connectivity index (χ1) is 17.0. The summed E-state index contributed by atoms with van der Waals surface area (Å²) in [5.41, 5.74) is 5.27. The van der Waals surface area contributed by atoms with Gasteiger partial charge in [-0.2, -0.15) is 4.39 Å². The van der Waals surface area contributed by atoms with Crippen LogP contribution in [-0.4, -0.2) is 32.9 Å². The summed E-state index contributed by atoms with van der Waals surface area (Å²) in [5, 5.41) is 5.81. The first-order valence-corrected chi connectivity index (χ1v) is 10.8. The lowest BCUT2D eigenvalue weighted by Gasteiger charge is -2.10. The maximum absolute atomic E-state index is 13.6. The third-order valence-corrected chi connectivity index (χ3v) is 5.42. The summed E-state index contributed by atoms with van der Waals surface area (Å²) >= 11 is 0. The highest BCUT2D eigenvalue weighted by Crippen LogP contribution is 2.29. The van der Waals surface area contributed by atoms with Crippen LogP contribution in [0.4, 0.5) is 16.0 Å². The van der Waals surface area contributed by atoms with Gasteiger partial charge < -0.3 is 20.4 Å². The van der Waals surface area contributed by atoms with Crippen molar-refractivity contribution in [2.24, 2.45) is 0 Å². The van der Waals surface area contributed by atoms with E-state index in [1.54, 1.807) is 31.3 Å². The van der Waals surface area contributed by atoms with Gasteiger partial charge in [-0.1, -0.05) is 6.07 Å². The fourth-order valence-corrected chi connectivity index (χ4v) is 3.69. The molecule has 0 spiro atoms. The average molecular weight is 475 g/mol. The third-order valence-electron chi connectivity index (χ3n) is 5.42. The number of aryl methyl sites for hydroxylation is 1. The number of H-pyrrole nitrogens is 1. The predicted molar refractivity (Wildman–Crippen MR) is 138 cm³/mol. The van der Waals surface area contributed by atoms with Crippen LogP contribution in [0.1, 0.15) is 20.3 Å². The number of benzene rings is 2. The standard InChI is InChI=1S/C26H21FN6O2.3H2/c1-15-3-4-17(12-20(15)16-7-9-30-24(27)11-16)31-26-32-21-6-5-18(13-22(21)33-26)35-19-8-10-29-23(14-19)25(34)28-2;;;/h3-14H,1-2H3,(H,28,34)(H2,31,32,33);3*1H. The third kappa shape index (κ3) is 4.79. The molecule has 0 fully saturated rings. The van der Waals surface area contributed by atoms with E-state index >= 15 is 0 Å². The molecule has 0 radical (unpaired) electrons. The molecule has 0 aliphatic rings. The second-order valence-corrected chi connectivity index (χ2v) is 7.84. The van der Waals surface area contributed by atoms with Crippen LogP contribution < -0.4 is 15.4 Å². The second-order valence-electron chi connectivity index (χ2n) is 7.84. The van der Waals surface area contributed by atoms with Crippen LogP contribution in [0.25, 0.3) is 22.2 Å². The number of amides is 1. The van der Waals surface area contributed by atoms with E-state index in [9.17, 15) is 9.18 Å². The SMILES string of the molecule is CNC(=O)c1cc(Oc2ccc3nc(Nc4ccc(C)c(-c5ccnc(F)c5)c4)[nH]c3c2)ccn1.[HH].[HH].[HH]. The van der Waals surface area contributed by atoms with Crippen molar-refractivity contribution >= 4 is 28.6 Å². The van der Waals surface area contributed by atoms with Crippen molar-refractivity contribution in [2.45, 2.75) is 6.92 Å². The number of ether oxygens (including phenoxy) is 1. The smallest absolute Gasteiger partial charge is 0.269 e. The number of carbonyl (C=O) groups is 1. The second kappa shape index (κ2) is 9.22. The van der Waals surface area contributed by atoms with Crippen molar-refractivity contribution in [2.75, 3.05) is 12.4 Å². The Morgan fingerprint density at radius 1 is 1.00 bits per heavy atom. The van der Waals surface area contributed by atoms with Crippen molar-refractivity contribution in [3.63, 3.8) is 0 Å². The number of aromatic nitrogens is 4. The lowest BCUT2D eigenvalue weighted by molar-refractivity contribution is 0.0958. The zero-order valence-electron chi connectivity index (χ0n) is 19.0. The van der Waals surface area contributed by atoms with Crippen LogP contribution >= 0.6 is 0 Å². The summed E-state index contributed by atoms with van der Waals surface area (Å²) in [5.74, 6) is 0.823. The lowest BCUT2D eigenvalue weighted by Crippen LogP contribution is -2.18. The quantitative estimate of drug-likeness (QED) is 0.257. The lowest BCUT2D eigenvalue weighted by atomic mass is 10.0. The van der Waals surface area contributed by atoms with Gasteiger partial charge in [0.05, 0.1) is 11.0 Å². The van der Waals surface area contributed by atoms with Crippen LogP contribution in [-0.2, 0) is 0 Å². The van der Waals surface area contributed by atoms with Crippen LogP contribution in [0.2, 0.25) is 0 Å². The molecule has 8 nitrogen and oxygen atoms in total. The topological polar surface area (TPSA) is 105 Å². The Hall–Kier alpha value is -4.79. The Morgan fingerprint density at radius 3 is 2.66 bits per heavy atom. The number of nitrogens with one attached hydrogen (secondary N) is 3. The molecule has 180 valence electrons. The van der Waals surface area contributed by atoms with Crippen LogP contribution in [0.3, 0.4) is 0 Å². The van der Waals surface area contributed by atoms with E-state index in [4.69, 9.17) is 4.74 Å². The molecule has 0 saturated heterocycles. The van der Waals surface area contributed by atoms with Gasteiger partial charge in [-0.05, 0) is 60.0 Å². The Bertz CT molecular complexity index is 1560. The van der Waals surface area contributed by atoms with Gasteiger partial charge in [-0.25, -0.2) is 9.97 Å². The van der Waals surface area contributed by atoms with Crippen molar-refractivity contribution < 1.29 is 18.2 Å². The Morgan fingerprint density at radius 2 is 1.83 bits per heavy atom. The Balaban J connectivity index is 0.00000169. The average Bonchev–Trinajstić information content (AvgIpc) is 3.26. The highest BCUT2D eigenvalue weighted by Gasteiger charge is 2.10. The molecule has 2 aromatic carbocycles. The molecule has 35 heavy (non-hydrogen) atoms. The maximum atomic E-state index is 13.6. The van der Waals surface area contributed by atoms with Crippen molar-refractivity contribution in [1.82, 2.24) is 25.3 Å². The van der Waals surface area contributed by atoms with E-state index in [1.807, 2.05) is 37.3 Å². The molecule has 0 saturated carbocycles. The van der Waals surface area contributed by atoms with Gasteiger partial charge in [0.2, 0.25) is 11.9 Å². The molecule has 0 unspecified atom stereocenters. The summed E-state index contributed by atoms with van der Waals surface area (Å²) in [6.45, 7) is 1.97. The number of hydrogen-bond acceptors (Lipinski definition) is 6. The van der Waals surface area contributed by atoms with E-state index in [1.165, 1.54) is 18.5 Å². The molecule has 3 heterocycles. The van der Waals surface area contributed by atoms with E-state index in [2.05, 4.69) is 30.6 Å². The van der Waals surface area contributed by atoms with E-state index in [-0.39, 0.29) is 15.9 Å². The minimum absolute atomic E-state index is 0. The van der Waals surface area contributed by atoms with E-state index < -0.39 is 5.95 Å². The summed E-state index contributed by atoms with van der Waals surface area (Å²) in [7, 11) is 1.55. The Kier molecular flexibility index (Phi) is 5.80. The summed E-state index contributed by atoms with van der Waals surface area (Å²) in [6, 6.07) is 17.8.